The zero-order chi connectivity index (χ0) is 16.3. The lowest BCUT2D eigenvalue weighted by Gasteiger charge is -2.26. The summed E-state index contributed by atoms with van der Waals surface area (Å²) in [5, 5.41) is 13.8. The number of para-hydroxylation sites is 1. The number of rotatable bonds is 7. The van der Waals surface area contributed by atoms with Crippen molar-refractivity contribution in [2.75, 3.05) is 13.2 Å². The monoisotopic (exact) mass is 315 g/mol. The highest BCUT2D eigenvalue weighted by Gasteiger charge is 2.47. The maximum Gasteiger partial charge on any atom is 0.255 e. The van der Waals surface area contributed by atoms with Crippen LogP contribution in [0.25, 0.3) is 0 Å². The van der Waals surface area contributed by atoms with Crippen LogP contribution in [0.2, 0.25) is 0 Å². The SMILES string of the molecule is CCOc1ccccc1C(=O)NCC(O)(c1ccco1)C1CC1. The third-order valence-corrected chi connectivity index (χ3v) is 4.15. The summed E-state index contributed by atoms with van der Waals surface area (Å²) in [6, 6.07) is 10.6. The fourth-order valence-corrected chi connectivity index (χ4v) is 2.76. The molecule has 0 radical (unpaired) electrons. The Bertz CT molecular complexity index is 663. The summed E-state index contributed by atoms with van der Waals surface area (Å²) in [4.78, 5) is 12.5. The zero-order valence-corrected chi connectivity index (χ0v) is 13.1. The van der Waals surface area contributed by atoms with E-state index in [4.69, 9.17) is 9.15 Å². The summed E-state index contributed by atoms with van der Waals surface area (Å²) in [6.07, 6.45) is 3.40. The van der Waals surface area contributed by atoms with Gasteiger partial charge in [0.25, 0.3) is 5.91 Å². The predicted molar refractivity (Wildman–Crippen MR) is 85.3 cm³/mol. The Morgan fingerprint density at radius 3 is 2.78 bits per heavy atom. The van der Waals surface area contributed by atoms with Gasteiger partial charge in [0.15, 0.2) is 0 Å². The minimum atomic E-state index is -1.15. The highest BCUT2D eigenvalue weighted by atomic mass is 16.5. The number of hydrogen-bond donors (Lipinski definition) is 2. The first-order chi connectivity index (χ1) is 11.1. The fourth-order valence-electron chi connectivity index (χ4n) is 2.76. The van der Waals surface area contributed by atoms with E-state index in [9.17, 15) is 9.90 Å². The number of furan rings is 1. The van der Waals surface area contributed by atoms with Crippen LogP contribution in [0.3, 0.4) is 0 Å². The van der Waals surface area contributed by atoms with Gasteiger partial charge in [-0.15, -0.1) is 0 Å². The van der Waals surface area contributed by atoms with E-state index in [0.29, 0.717) is 23.7 Å². The van der Waals surface area contributed by atoms with Crippen molar-refractivity contribution in [1.82, 2.24) is 5.32 Å². The van der Waals surface area contributed by atoms with Crippen molar-refractivity contribution in [2.45, 2.75) is 25.4 Å². The molecule has 1 aliphatic carbocycles. The van der Waals surface area contributed by atoms with Crippen LogP contribution in [0, 0.1) is 5.92 Å². The predicted octanol–water partition coefficient (Wildman–Crippen LogP) is 2.71. The molecule has 2 N–H and O–H groups in total. The Hall–Kier alpha value is -2.27. The van der Waals surface area contributed by atoms with Crippen molar-refractivity contribution < 1.29 is 19.1 Å². The molecule has 5 nitrogen and oxygen atoms in total. The van der Waals surface area contributed by atoms with Crippen LogP contribution < -0.4 is 10.1 Å². The van der Waals surface area contributed by atoms with E-state index in [1.165, 1.54) is 6.26 Å². The van der Waals surface area contributed by atoms with E-state index in [1.54, 1.807) is 30.3 Å². The van der Waals surface area contributed by atoms with Gasteiger partial charge in [0.1, 0.15) is 17.1 Å². The highest BCUT2D eigenvalue weighted by Crippen LogP contribution is 2.45. The zero-order valence-electron chi connectivity index (χ0n) is 13.1. The van der Waals surface area contributed by atoms with Crippen molar-refractivity contribution in [3.8, 4) is 5.75 Å². The average Bonchev–Trinajstić information content (AvgIpc) is 3.28. The van der Waals surface area contributed by atoms with Gasteiger partial charge in [-0.25, -0.2) is 0 Å². The summed E-state index contributed by atoms with van der Waals surface area (Å²) in [7, 11) is 0. The molecule has 0 aliphatic heterocycles. The van der Waals surface area contributed by atoms with Crippen LogP contribution in [-0.2, 0) is 5.60 Å². The molecule has 23 heavy (non-hydrogen) atoms. The largest absolute Gasteiger partial charge is 0.493 e. The molecule has 1 amide bonds. The standard InChI is InChI=1S/C18H21NO4/c1-2-22-15-7-4-3-6-14(15)17(20)19-12-18(21,13-9-10-13)16-8-5-11-23-16/h3-8,11,13,21H,2,9-10,12H2,1H3,(H,19,20). The van der Waals surface area contributed by atoms with Gasteiger partial charge < -0.3 is 19.6 Å². The number of aliphatic hydroxyl groups is 1. The first-order valence-corrected chi connectivity index (χ1v) is 7.91. The minimum absolute atomic E-state index is 0.116. The van der Waals surface area contributed by atoms with E-state index in [1.807, 2.05) is 13.0 Å². The number of benzene rings is 1. The molecule has 2 aromatic rings. The maximum absolute atomic E-state index is 12.5. The lowest BCUT2D eigenvalue weighted by molar-refractivity contribution is -0.00613. The topological polar surface area (TPSA) is 71.7 Å². The van der Waals surface area contributed by atoms with Gasteiger partial charge in [-0.2, -0.15) is 0 Å². The molecule has 1 aromatic heterocycles. The number of amides is 1. The lowest BCUT2D eigenvalue weighted by Crippen LogP contribution is -2.42. The third kappa shape index (κ3) is 3.24. The highest BCUT2D eigenvalue weighted by molar-refractivity contribution is 5.96. The molecule has 122 valence electrons. The van der Waals surface area contributed by atoms with E-state index in [-0.39, 0.29) is 18.4 Å². The smallest absolute Gasteiger partial charge is 0.255 e. The van der Waals surface area contributed by atoms with E-state index in [0.717, 1.165) is 12.8 Å². The first kappa shape index (κ1) is 15.6. The third-order valence-electron chi connectivity index (χ3n) is 4.15. The summed E-state index contributed by atoms with van der Waals surface area (Å²) < 4.78 is 10.9. The minimum Gasteiger partial charge on any atom is -0.493 e. The fraction of sp³-hybridized carbons (Fsp3) is 0.389. The Morgan fingerprint density at radius 1 is 1.35 bits per heavy atom. The molecule has 0 spiro atoms. The number of ether oxygens (including phenoxy) is 1. The van der Waals surface area contributed by atoms with Crippen LogP contribution in [-0.4, -0.2) is 24.2 Å². The number of carbonyl (C=O) groups excluding carboxylic acids is 1. The van der Waals surface area contributed by atoms with Crippen molar-refractivity contribution in [3.63, 3.8) is 0 Å². The quantitative estimate of drug-likeness (QED) is 0.824. The molecular weight excluding hydrogens is 294 g/mol. The van der Waals surface area contributed by atoms with Gasteiger partial charge >= 0.3 is 0 Å². The number of carbonyl (C=O) groups is 1. The molecule has 0 bridgehead atoms. The lowest BCUT2D eigenvalue weighted by atomic mass is 9.94. The van der Waals surface area contributed by atoms with Crippen molar-refractivity contribution in [2.24, 2.45) is 5.92 Å². The van der Waals surface area contributed by atoms with Crippen LogP contribution in [0.1, 0.15) is 35.9 Å². The second-order valence-corrected chi connectivity index (χ2v) is 5.79. The van der Waals surface area contributed by atoms with Crippen molar-refractivity contribution in [1.29, 1.82) is 0 Å². The Morgan fingerprint density at radius 2 is 2.13 bits per heavy atom. The summed E-state index contributed by atoms with van der Waals surface area (Å²) in [5.74, 6) is 0.898. The Kier molecular flexibility index (Phi) is 4.39. The van der Waals surface area contributed by atoms with E-state index >= 15 is 0 Å². The molecule has 1 heterocycles. The van der Waals surface area contributed by atoms with E-state index < -0.39 is 5.60 Å². The van der Waals surface area contributed by atoms with Crippen LogP contribution in [0.5, 0.6) is 5.75 Å². The number of hydrogen-bond acceptors (Lipinski definition) is 4. The van der Waals surface area contributed by atoms with Gasteiger partial charge in [-0.1, -0.05) is 12.1 Å². The maximum atomic E-state index is 12.5. The Balaban J connectivity index is 1.73. The molecule has 3 rings (SSSR count). The molecule has 0 saturated heterocycles. The van der Waals surface area contributed by atoms with Gasteiger partial charge in [0.2, 0.25) is 0 Å². The van der Waals surface area contributed by atoms with Gasteiger partial charge in [-0.3, -0.25) is 4.79 Å². The van der Waals surface area contributed by atoms with Crippen LogP contribution in [0.15, 0.2) is 47.1 Å². The summed E-state index contributed by atoms with van der Waals surface area (Å²) >= 11 is 0. The molecule has 1 fully saturated rings. The van der Waals surface area contributed by atoms with E-state index in [2.05, 4.69) is 5.32 Å². The average molecular weight is 315 g/mol. The molecule has 1 atom stereocenters. The first-order valence-electron chi connectivity index (χ1n) is 7.91. The molecule has 5 heteroatoms. The van der Waals surface area contributed by atoms with Crippen molar-refractivity contribution >= 4 is 5.91 Å². The van der Waals surface area contributed by atoms with Crippen LogP contribution in [0.4, 0.5) is 0 Å². The second kappa shape index (κ2) is 6.46. The summed E-state index contributed by atoms with van der Waals surface area (Å²) in [6.45, 7) is 2.48. The van der Waals surface area contributed by atoms with Crippen molar-refractivity contribution in [3.05, 3.63) is 54.0 Å². The second-order valence-electron chi connectivity index (χ2n) is 5.79. The molecular formula is C18H21NO4. The van der Waals surface area contributed by atoms with Gasteiger partial charge in [0, 0.05) is 0 Å². The molecule has 1 aromatic carbocycles. The van der Waals surface area contributed by atoms with Crippen LogP contribution >= 0.6 is 0 Å². The van der Waals surface area contributed by atoms with Gasteiger partial charge in [-0.05, 0) is 49.9 Å². The van der Waals surface area contributed by atoms with Gasteiger partial charge in [0.05, 0.1) is 25.0 Å². The molecule has 1 saturated carbocycles. The number of nitrogens with one attached hydrogen (secondary N) is 1. The normalized spacial score (nSPS) is 16.6. The Labute approximate surface area is 135 Å². The summed E-state index contributed by atoms with van der Waals surface area (Å²) in [5.41, 5.74) is -0.688. The molecule has 1 aliphatic rings. The molecule has 1 unspecified atom stereocenters.